The number of quaternary nitrogens is 1. The Balaban J connectivity index is 3.78. The first kappa shape index (κ1) is 74.3. The molecule has 0 aromatic heterocycles. The Kier molecular flexibility index (Phi) is 58.1. The minimum atomic E-state index is -1.50. The van der Waals surface area contributed by atoms with Crippen LogP contribution < -0.4 is 0 Å². The molecule has 1 N–H and O–H groups in total. The Hall–Kier alpha value is -1.71. The zero-order valence-electron chi connectivity index (χ0n) is 51.7. The number of hydrogen-bond acceptors (Lipinski definition) is 7. The van der Waals surface area contributed by atoms with Crippen LogP contribution in [0, 0.1) is 0 Å². The summed E-state index contributed by atoms with van der Waals surface area (Å²) in [5.41, 5.74) is 0. The van der Waals surface area contributed by atoms with E-state index in [-0.39, 0.29) is 38.2 Å². The van der Waals surface area contributed by atoms with Crippen molar-refractivity contribution >= 4 is 17.9 Å². The van der Waals surface area contributed by atoms with Gasteiger partial charge in [0.2, 0.25) is 0 Å². The summed E-state index contributed by atoms with van der Waals surface area (Å²) >= 11 is 0. The molecule has 0 radical (unpaired) electrons. The first-order chi connectivity index (χ1) is 37.1. The van der Waals surface area contributed by atoms with Crippen molar-refractivity contribution in [3.05, 3.63) is 0 Å². The van der Waals surface area contributed by atoms with Gasteiger partial charge in [0.25, 0.3) is 6.29 Å². The van der Waals surface area contributed by atoms with Gasteiger partial charge in [-0.3, -0.25) is 9.59 Å². The van der Waals surface area contributed by atoms with E-state index in [1.165, 1.54) is 289 Å². The van der Waals surface area contributed by atoms with Crippen LogP contribution in [0.15, 0.2) is 0 Å². The molecule has 0 aliphatic rings. The molecule has 0 aliphatic carbocycles. The van der Waals surface area contributed by atoms with Crippen molar-refractivity contribution < 1.29 is 42.9 Å². The molecular formula is C67H132NO8+. The van der Waals surface area contributed by atoms with Crippen LogP contribution in [0.25, 0.3) is 0 Å². The number of likely N-dealkylation sites (N-methyl/N-ethyl adjacent to an activating group) is 1. The summed E-state index contributed by atoms with van der Waals surface area (Å²) in [5.74, 6) is -1.98. The molecule has 2 unspecified atom stereocenters. The molecule has 0 saturated carbocycles. The molecule has 9 heteroatoms. The Morgan fingerprint density at radius 3 is 0.842 bits per heavy atom. The van der Waals surface area contributed by atoms with Crippen LogP contribution in [0.5, 0.6) is 0 Å². The van der Waals surface area contributed by atoms with Crippen molar-refractivity contribution in [1.29, 1.82) is 0 Å². The quantitative estimate of drug-likeness (QED) is 0.0278. The lowest BCUT2D eigenvalue weighted by molar-refractivity contribution is -0.870. The third kappa shape index (κ3) is 59.9. The number of nitrogens with zero attached hydrogens (tertiary/aromatic N) is 1. The number of ether oxygens (including phenoxy) is 4. The van der Waals surface area contributed by atoms with E-state index in [2.05, 4.69) is 13.8 Å². The largest absolute Gasteiger partial charge is 0.477 e. The van der Waals surface area contributed by atoms with Crippen molar-refractivity contribution in [2.75, 3.05) is 47.5 Å². The van der Waals surface area contributed by atoms with Crippen molar-refractivity contribution in [1.82, 2.24) is 0 Å². The summed E-state index contributed by atoms with van der Waals surface area (Å²) in [7, 11) is 5.98. The summed E-state index contributed by atoms with van der Waals surface area (Å²) in [4.78, 5) is 37.3. The molecule has 76 heavy (non-hydrogen) atoms. The number of aliphatic carboxylic acids is 1. The van der Waals surface area contributed by atoms with E-state index in [4.69, 9.17) is 18.9 Å². The van der Waals surface area contributed by atoms with Crippen LogP contribution in [0.3, 0.4) is 0 Å². The number of carbonyl (C=O) groups excluding carboxylic acids is 2. The van der Waals surface area contributed by atoms with Crippen molar-refractivity contribution in [2.45, 2.75) is 367 Å². The lowest BCUT2D eigenvalue weighted by Gasteiger charge is -2.25. The topological polar surface area (TPSA) is 108 Å². The van der Waals surface area contributed by atoms with Crippen LogP contribution in [-0.2, 0) is 33.3 Å². The third-order valence-electron chi connectivity index (χ3n) is 15.6. The Morgan fingerprint density at radius 1 is 0.342 bits per heavy atom. The van der Waals surface area contributed by atoms with Crippen LogP contribution in [0.4, 0.5) is 0 Å². The molecular weight excluding hydrogens is 947 g/mol. The summed E-state index contributed by atoms with van der Waals surface area (Å²) in [6.07, 6.45) is 66.9. The first-order valence-electron chi connectivity index (χ1n) is 33.7. The van der Waals surface area contributed by atoms with E-state index in [0.29, 0.717) is 17.4 Å². The average molecular weight is 1080 g/mol. The SMILES string of the molecule is CCCCCCCCCCCCCCCCCCCCCCCCCCCCCCCCCCCCCCCCCCCC(=O)OC(COC(=O)CCCCCCCCCCCC)COC(OCC[N+](C)(C)C)C(=O)O. The number of carbonyl (C=O) groups is 3. The molecule has 0 rings (SSSR count). The molecule has 0 aromatic rings. The number of unbranched alkanes of at least 4 members (excludes halogenated alkanes) is 49. The van der Waals surface area contributed by atoms with Crippen LogP contribution in [-0.4, -0.2) is 87.4 Å². The van der Waals surface area contributed by atoms with E-state index in [1.54, 1.807) is 0 Å². The summed E-state index contributed by atoms with van der Waals surface area (Å²) in [6, 6.07) is 0. The van der Waals surface area contributed by atoms with Gasteiger partial charge >= 0.3 is 17.9 Å². The molecule has 2 atom stereocenters. The third-order valence-corrected chi connectivity index (χ3v) is 15.6. The molecule has 0 aromatic carbocycles. The molecule has 0 saturated heterocycles. The lowest BCUT2D eigenvalue weighted by Crippen LogP contribution is -2.40. The zero-order valence-corrected chi connectivity index (χ0v) is 51.7. The number of hydrogen-bond donors (Lipinski definition) is 1. The highest BCUT2D eigenvalue weighted by Gasteiger charge is 2.25. The molecule has 452 valence electrons. The fourth-order valence-electron chi connectivity index (χ4n) is 10.4. The predicted molar refractivity (Wildman–Crippen MR) is 323 cm³/mol. The van der Waals surface area contributed by atoms with E-state index in [1.807, 2.05) is 21.1 Å². The van der Waals surface area contributed by atoms with E-state index >= 15 is 0 Å². The van der Waals surface area contributed by atoms with Gasteiger partial charge in [-0.25, -0.2) is 4.79 Å². The summed E-state index contributed by atoms with van der Waals surface area (Å²) in [6.45, 7) is 4.92. The van der Waals surface area contributed by atoms with Gasteiger partial charge in [-0.1, -0.05) is 328 Å². The van der Waals surface area contributed by atoms with Gasteiger partial charge in [0, 0.05) is 12.8 Å². The van der Waals surface area contributed by atoms with Crippen molar-refractivity contribution in [2.24, 2.45) is 0 Å². The highest BCUT2D eigenvalue weighted by atomic mass is 16.7. The smallest absolute Gasteiger partial charge is 0.361 e. The molecule has 0 amide bonds. The maximum absolute atomic E-state index is 12.9. The van der Waals surface area contributed by atoms with E-state index in [0.717, 1.165) is 38.5 Å². The zero-order chi connectivity index (χ0) is 55.5. The maximum atomic E-state index is 12.9. The molecule has 0 aliphatic heterocycles. The van der Waals surface area contributed by atoms with Gasteiger partial charge in [-0.05, 0) is 12.8 Å². The minimum absolute atomic E-state index is 0.173. The van der Waals surface area contributed by atoms with Gasteiger partial charge in [0.15, 0.2) is 6.10 Å². The number of esters is 2. The number of carboxylic acid groups (broad SMARTS) is 1. The Morgan fingerprint density at radius 2 is 0.592 bits per heavy atom. The summed E-state index contributed by atoms with van der Waals surface area (Å²) < 4.78 is 22.9. The fourth-order valence-corrected chi connectivity index (χ4v) is 10.4. The lowest BCUT2D eigenvalue weighted by atomic mass is 10.0. The maximum Gasteiger partial charge on any atom is 0.361 e. The second kappa shape index (κ2) is 59.4. The van der Waals surface area contributed by atoms with E-state index < -0.39 is 18.4 Å². The van der Waals surface area contributed by atoms with E-state index in [9.17, 15) is 19.5 Å². The Labute approximate surface area is 473 Å². The summed E-state index contributed by atoms with van der Waals surface area (Å²) in [5, 5.41) is 9.68. The van der Waals surface area contributed by atoms with Crippen LogP contribution in [0.1, 0.15) is 354 Å². The second-order valence-corrected chi connectivity index (χ2v) is 24.5. The normalized spacial score (nSPS) is 12.6. The monoisotopic (exact) mass is 1080 g/mol. The molecule has 0 spiro atoms. The van der Waals surface area contributed by atoms with Crippen molar-refractivity contribution in [3.8, 4) is 0 Å². The molecule has 0 fully saturated rings. The van der Waals surface area contributed by atoms with Gasteiger partial charge in [0.05, 0.1) is 34.4 Å². The standard InChI is InChI=1S/C67H131NO8/c1-6-8-10-12-14-16-18-19-20-21-22-23-24-25-26-27-28-29-30-31-32-33-34-35-36-37-38-39-40-41-42-43-44-45-46-47-48-50-52-54-56-58-65(70)76-63(62-75-67(66(71)72)73-60-59-68(3,4)5)61-74-64(69)57-55-53-51-49-17-15-13-11-9-7-2/h63,67H,6-62H2,1-5H3/p+1. The van der Waals surface area contributed by atoms with Gasteiger partial charge in [0.1, 0.15) is 13.2 Å². The fraction of sp³-hybridized carbons (Fsp3) is 0.955. The predicted octanol–water partition coefficient (Wildman–Crippen LogP) is 20.3. The van der Waals surface area contributed by atoms with Crippen LogP contribution in [0.2, 0.25) is 0 Å². The highest BCUT2D eigenvalue weighted by molar-refractivity contribution is 5.71. The molecule has 9 nitrogen and oxygen atoms in total. The molecule has 0 heterocycles. The average Bonchev–Trinajstić information content (AvgIpc) is 3.39. The molecule has 0 bridgehead atoms. The van der Waals surface area contributed by atoms with Crippen LogP contribution >= 0.6 is 0 Å². The number of rotatable bonds is 64. The second-order valence-electron chi connectivity index (χ2n) is 24.5. The number of carboxylic acids is 1. The first-order valence-corrected chi connectivity index (χ1v) is 33.7. The Bertz CT molecular complexity index is 1210. The van der Waals surface area contributed by atoms with Gasteiger partial charge in [-0.2, -0.15) is 0 Å². The highest BCUT2D eigenvalue weighted by Crippen LogP contribution is 2.19. The minimum Gasteiger partial charge on any atom is -0.477 e. The van der Waals surface area contributed by atoms with Gasteiger partial charge < -0.3 is 28.5 Å². The van der Waals surface area contributed by atoms with Crippen molar-refractivity contribution in [3.63, 3.8) is 0 Å². The van der Waals surface area contributed by atoms with Gasteiger partial charge in [-0.15, -0.1) is 0 Å².